The molecule has 0 spiro atoms. The molecule has 4 aromatic carbocycles. The van der Waals surface area contributed by atoms with E-state index in [1.165, 1.54) is 71.2 Å². The Balaban J connectivity index is 0.00000380. The van der Waals surface area contributed by atoms with Gasteiger partial charge in [0.05, 0.1) is 0 Å². The van der Waals surface area contributed by atoms with E-state index in [0.717, 1.165) is 12.8 Å². The van der Waals surface area contributed by atoms with Gasteiger partial charge in [-0.1, -0.05) is 134 Å². The maximum Gasteiger partial charge on any atom is 4.00 e. The van der Waals surface area contributed by atoms with Gasteiger partial charge in [-0.3, -0.25) is 0 Å². The molecule has 0 aliphatic carbocycles. The largest absolute Gasteiger partial charge is 4.00 e. The zero-order valence-electron chi connectivity index (χ0n) is 27.6. The molecule has 0 amide bonds. The van der Waals surface area contributed by atoms with Crippen molar-refractivity contribution in [2.45, 2.75) is 82.1 Å². The summed E-state index contributed by atoms with van der Waals surface area (Å²) in [5.41, 5.74) is 14.3. The summed E-state index contributed by atoms with van der Waals surface area (Å²) < 4.78 is 0. The third kappa shape index (κ3) is 6.23. The molecule has 0 N–H and O–H groups in total. The summed E-state index contributed by atoms with van der Waals surface area (Å²) in [6.45, 7) is 23.1. The number of hydrogen-bond donors (Lipinski definition) is 0. The van der Waals surface area contributed by atoms with E-state index in [1.807, 2.05) is 0 Å². The van der Waals surface area contributed by atoms with E-state index in [1.54, 1.807) is 5.19 Å². The fourth-order valence-corrected chi connectivity index (χ4v) is 12.5. The monoisotopic (exact) mass is 584 g/mol. The molecular weight excluding hydrogens is 532 g/mol. The summed E-state index contributed by atoms with van der Waals surface area (Å²) in [5, 5.41) is 6.21. The van der Waals surface area contributed by atoms with Crippen molar-refractivity contribution in [3.63, 3.8) is 0 Å². The average molecular weight is 585 g/mol. The van der Waals surface area contributed by atoms with Crippen LogP contribution in [0.25, 0.3) is 0 Å². The summed E-state index contributed by atoms with van der Waals surface area (Å²) in [6.07, 6.45) is 2.12. The third-order valence-corrected chi connectivity index (χ3v) is 14.1. The van der Waals surface area contributed by atoms with Crippen molar-refractivity contribution in [1.29, 1.82) is 0 Å². The standard InChI is InChI=1S/C35H43Si.3CH3.Ti/c1-11-30-19-31(12-2)21-32(20-30)36(33-15-13-22(3)17-24(33)5,34-16-14-23(4)18-25(34)6)35-28(9)26(7)27(8)29(35)10;;;;/h13-21H,11-12H2,1-10H3;3*1H3;/q4*-1;+4. The minimum absolute atomic E-state index is 0. The molecule has 0 atom stereocenters. The van der Waals surface area contributed by atoms with E-state index in [4.69, 9.17) is 0 Å². The van der Waals surface area contributed by atoms with E-state index in [2.05, 4.69) is 124 Å². The van der Waals surface area contributed by atoms with Crippen LogP contribution in [0, 0.1) is 77.7 Å². The first-order chi connectivity index (χ1) is 17.1. The van der Waals surface area contributed by atoms with Gasteiger partial charge in [0.2, 0.25) is 0 Å². The summed E-state index contributed by atoms with van der Waals surface area (Å²) >= 11 is 0. The second-order valence-corrected chi connectivity index (χ2v) is 14.7. The van der Waals surface area contributed by atoms with Gasteiger partial charge in [0.1, 0.15) is 8.07 Å². The van der Waals surface area contributed by atoms with Crippen LogP contribution in [-0.4, -0.2) is 8.07 Å². The van der Waals surface area contributed by atoms with Gasteiger partial charge in [0.25, 0.3) is 0 Å². The van der Waals surface area contributed by atoms with Crippen LogP contribution in [0.15, 0.2) is 54.6 Å². The Hall–Kier alpha value is -2.06. The first-order valence-corrected chi connectivity index (χ1v) is 15.6. The van der Waals surface area contributed by atoms with E-state index >= 15 is 0 Å². The number of hydrogen-bond acceptors (Lipinski definition) is 0. The van der Waals surface area contributed by atoms with Crippen molar-refractivity contribution in [3.05, 3.63) is 133 Å². The molecule has 0 saturated heterocycles. The van der Waals surface area contributed by atoms with E-state index in [0.29, 0.717) is 0 Å². The SMILES string of the molecule is CCc1cc(CC)cc([Si](c2ccc(C)cc2C)(c2ccc(C)cc2C)[c-]2c(C)c(C)c(C)c2C)c1.[CH3-].[CH3-].[CH3-].[Ti+4]. The number of rotatable bonds is 6. The maximum absolute atomic E-state index is 2.63. The predicted octanol–water partition coefficient (Wildman–Crippen LogP) is 7.72. The molecule has 0 heterocycles. The molecule has 212 valence electrons. The number of aryl methyl sites for hydroxylation is 6. The molecule has 0 aromatic heterocycles. The van der Waals surface area contributed by atoms with Crippen molar-refractivity contribution in [2.24, 2.45) is 0 Å². The van der Waals surface area contributed by atoms with Crippen molar-refractivity contribution in [2.75, 3.05) is 0 Å². The minimum atomic E-state index is -2.63. The molecule has 0 aliphatic heterocycles. The Morgan fingerprint density at radius 2 is 0.925 bits per heavy atom. The molecule has 0 saturated carbocycles. The molecule has 4 rings (SSSR count). The van der Waals surface area contributed by atoms with Gasteiger partial charge in [-0.2, -0.15) is 22.3 Å². The van der Waals surface area contributed by atoms with Crippen molar-refractivity contribution >= 4 is 28.8 Å². The molecule has 0 unspecified atom stereocenters. The molecule has 4 aromatic rings. The van der Waals surface area contributed by atoms with Crippen LogP contribution in [0.4, 0.5) is 0 Å². The van der Waals surface area contributed by atoms with Gasteiger partial charge in [-0.25, -0.2) is 0 Å². The van der Waals surface area contributed by atoms with Crippen LogP contribution in [0.3, 0.4) is 0 Å². The fourth-order valence-electron chi connectivity index (χ4n) is 6.51. The molecule has 0 fully saturated rings. The topological polar surface area (TPSA) is 0 Å². The smallest absolute Gasteiger partial charge is 0.358 e. The molecule has 0 bridgehead atoms. The first-order valence-electron chi connectivity index (χ1n) is 13.6. The molecule has 0 nitrogen and oxygen atoms in total. The van der Waals surface area contributed by atoms with E-state index < -0.39 is 8.07 Å². The van der Waals surface area contributed by atoms with Crippen LogP contribution >= 0.6 is 0 Å². The summed E-state index contributed by atoms with van der Waals surface area (Å²) in [5.74, 6) is 0. The molecule has 2 heteroatoms. The Morgan fingerprint density at radius 1 is 0.550 bits per heavy atom. The van der Waals surface area contributed by atoms with Gasteiger partial charge in [0, 0.05) is 0 Å². The maximum atomic E-state index is 2.56. The minimum Gasteiger partial charge on any atom is -0.358 e. The van der Waals surface area contributed by atoms with Crippen LogP contribution in [0.2, 0.25) is 0 Å². The second kappa shape index (κ2) is 14.7. The predicted molar refractivity (Wildman–Crippen MR) is 182 cm³/mol. The Kier molecular flexibility index (Phi) is 14.0. The van der Waals surface area contributed by atoms with Crippen LogP contribution < -0.4 is 20.7 Å². The second-order valence-electron chi connectivity index (χ2n) is 11.0. The van der Waals surface area contributed by atoms with Gasteiger partial charge in [-0.05, 0) is 51.7 Å². The fraction of sp³-hybridized carbons (Fsp3) is 0.316. The van der Waals surface area contributed by atoms with Crippen molar-refractivity contribution in [3.8, 4) is 0 Å². The molecule has 0 aliphatic rings. The Bertz CT molecular complexity index is 1340. The average Bonchev–Trinajstić information content (AvgIpc) is 3.04. The van der Waals surface area contributed by atoms with Crippen LogP contribution in [-0.2, 0) is 34.6 Å². The van der Waals surface area contributed by atoms with Gasteiger partial charge in [0.15, 0.2) is 0 Å². The summed E-state index contributed by atoms with van der Waals surface area (Å²) in [7, 11) is -2.63. The third-order valence-electron chi connectivity index (χ3n) is 8.69. The van der Waals surface area contributed by atoms with Gasteiger partial charge < -0.3 is 22.3 Å². The Labute approximate surface area is 263 Å². The zero-order valence-corrected chi connectivity index (χ0v) is 30.2. The molecular formula is C38H52SiTi. The van der Waals surface area contributed by atoms with Crippen LogP contribution in [0.1, 0.15) is 69.5 Å². The quantitative estimate of drug-likeness (QED) is 0.124. The van der Waals surface area contributed by atoms with Crippen molar-refractivity contribution in [1.82, 2.24) is 0 Å². The van der Waals surface area contributed by atoms with E-state index in [-0.39, 0.29) is 44.0 Å². The van der Waals surface area contributed by atoms with Gasteiger partial charge >= 0.3 is 21.7 Å². The molecule has 0 radical (unpaired) electrons. The Morgan fingerprint density at radius 3 is 1.25 bits per heavy atom. The first kappa shape index (κ1) is 37.9. The van der Waals surface area contributed by atoms with E-state index in [9.17, 15) is 0 Å². The van der Waals surface area contributed by atoms with Crippen LogP contribution in [0.5, 0.6) is 0 Å². The van der Waals surface area contributed by atoms with Crippen molar-refractivity contribution < 1.29 is 21.7 Å². The summed E-state index contributed by atoms with van der Waals surface area (Å²) in [6, 6.07) is 22.0. The number of benzene rings is 3. The van der Waals surface area contributed by atoms with Gasteiger partial charge in [-0.15, -0.1) is 5.19 Å². The zero-order chi connectivity index (χ0) is 26.4. The normalized spacial score (nSPS) is 10.7. The summed E-state index contributed by atoms with van der Waals surface area (Å²) in [4.78, 5) is 0. The molecule has 40 heavy (non-hydrogen) atoms.